The average Bonchev–Trinajstić information content (AvgIpc) is 2.80. The molecule has 2 amide bonds. The number of anilines is 1. The van der Waals surface area contributed by atoms with Crippen molar-refractivity contribution in [3.63, 3.8) is 0 Å². The van der Waals surface area contributed by atoms with Crippen LogP contribution in [0.3, 0.4) is 0 Å². The van der Waals surface area contributed by atoms with Gasteiger partial charge in [0.2, 0.25) is 0 Å². The van der Waals surface area contributed by atoms with Gasteiger partial charge in [0.1, 0.15) is 0 Å². The van der Waals surface area contributed by atoms with Crippen LogP contribution in [-0.2, 0) is 0 Å². The van der Waals surface area contributed by atoms with Crippen LogP contribution in [0.4, 0.5) is 10.5 Å². The van der Waals surface area contributed by atoms with Crippen molar-refractivity contribution >= 4 is 11.7 Å². The molecule has 0 aromatic carbocycles. The lowest BCUT2D eigenvalue weighted by Gasteiger charge is -2.14. The topological polar surface area (TPSA) is 74.2 Å². The summed E-state index contributed by atoms with van der Waals surface area (Å²) in [7, 11) is 0. The molecule has 0 saturated heterocycles. The van der Waals surface area contributed by atoms with Gasteiger partial charge in [-0.1, -0.05) is 12.2 Å². The molecule has 0 unspecified atom stereocenters. The van der Waals surface area contributed by atoms with Gasteiger partial charge in [0.25, 0.3) is 0 Å². The monoisotopic (exact) mass is 247 g/mol. The van der Waals surface area contributed by atoms with E-state index in [2.05, 4.69) is 15.6 Å². The lowest BCUT2D eigenvalue weighted by Crippen LogP contribution is -2.36. The van der Waals surface area contributed by atoms with E-state index in [9.17, 15) is 4.79 Å². The fraction of sp³-hybridized carbons (Fsp3) is 0.385. The fourth-order valence-electron chi connectivity index (χ4n) is 1.96. The molecule has 5 heteroatoms. The Morgan fingerprint density at radius 1 is 1.56 bits per heavy atom. The maximum atomic E-state index is 11.8. The van der Waals surface area contributed by atoms with Crippen molar-refractivity contribution in [2.45, 2.75) is 19.4 Å². The van der Waals surface area contributed by atoms with Crippen LogP contribution in [0.25, 0.3) is 0 Å². The summed E-state index contributed by atoms with van der Waals surface area (Å²) in [5.41, 5.74) is 1.67. The smallest absolute Gasteiger partial charge is 0.319 e. The molecule has 0 bridgehead atoms. The minimum absolute atomic E-state index is 0.00991. The van der Waals surface area contributed by atoms with Crippen LogP contribution in [0.2, 0.25) is 0 Å². The van der Waals surface area contributed by atoms with Crippen LogP contribution in [0, 0.1) is 12.8 Å². The van der Waals surface area contributed by atoms with E-state index in [1.165, 1.54) is 0 Å². The Morgan fingerprint density at radius 2 is 2.39 bits per heavy atom. The number of rotatable bonds is 3. The first kappa shape index (κ1) is 12.6. The van der Waals surface area contributed by atoms with Gasteiger partial charge < -0.3 is 15.7 Å². The minimum atomic E-state index is -0.238. The second-order valence-electron chi connectivity index (χ2n) is 4.46. The highest BCUT2D eigenvalue weighted by molar-refractivity contribution is 5.90. The number of aromatic nitrogens is 1. The summed E-state index contributed by atoms with van der Waals surface area (Å²) in [6, 6.07) is 1.51. The first-order valence-corrected chi connectivity index (χ1v) is 5.96. The highest BCUT2D eigenvalue weighted by atomic mass is 16.3. The molecule has 1 heterocycles. The molecule has 0 aliphatic heterocycles. The number of aryl methyl sites for hydroxylation is 1. The zero-order valence-corrected chi connectivity index (χ0v) is 10.3. The summed E-state index contributed by atoms with van der Waals surface area (Å²) >= 11 is 0. The third kappa shape index (κ3) is 3.07. The number of nitrogens with one attached hydrogen (secondary N) is 2. The van der Waals surface area contributed by atoms with E-state index in [-0.39, 0.29) is 24.6 Å². The SMILES string of the molecule is Cc1cnccc1NC(=O)N[C@@H]1C=C[C@H](CO)C1. The van der Waals surface area contributed by atoms with Crippen molar-refractivity contribution in [2.24, 2.45) is 5.92 Å². The van der Waals surface area contributed by atoms with Gasteiger partial charge in [-0.15, -0.1) is 0 Å². The number of amides is 2. The Labute approximate surface area is 106 Å². The van der Waals surface area contributed by atoms with Crippen LogP contribution in [0.15, 0.2) is 30.6 Å². The summed E-state index contributed by atoms with van der Waals surface area (Å²) in [5, 5.41) is 14.6. The summed E-state index contributed by atoms with van der Waals surface area (Å²) in [6.07, 6.45) is 7.94. The highest BCUT2D eigenvalue weighted by Gasteiger charge is 2.19. The lowest BCUT2D eigenvalue weighted by molar-refractivity contribution is 0.238. The van der Waals surface area contributed by atoms with Crippen molar-refractivity contribution in [3.05, 3.63) is 36.2 Å². The van der Waals surface area contributed by atoms with E-state index in [0.29, 0.717) is 0 Å². The maximum absolute atomic E-state index is 11.8. The summed E-state index contributed by atoms with van der Waals surface area (Å²) in [6.45, 7) is 2.01. The number of urea groups is 1. The Kier molecular flexibility index (Phi) is 3.94. The van der Waals surface area contributed by atoms with Gasteiger partial charge in [-0.05, 0) is 25.0 Å². The third-order valence-corrected chi connectivity index (χ3v) is 2.99. The molecular weight excluding hydrogens is 230 g/mol. The van der Waals surface area contributed by atoms with Crippen LogP contribution in [0.5, 0.6) is 0 Å². The number of nitrogens with zero attached hydrogens (tertiary/aromatic N) is 1. The quantitative estimate of drug-likeness (QED) is 0.708. The normalized spacial score (nSPS) is 21.9. The molecule has 2 atom stereocenters. The molecule has 3 N–H and O–H groups in total. The molecule has 1 aliphatic carbocycles. The van der Waals surface area contributed by atoms with Gasteiger partial charge in [0, 0.05) is 36.6 Å². The number of hydrogen-bond acceptors (Lipinski definition) is 3. The molecule has 1 aliphatic rings. The molecular formula is C13H17N3O2. The van der Waals surface area contributed by atoms with Crippen LogP contribution < -0.4 is 10.6 Å². The predicted molar refractivity (Wildman–Crippen MR) is 69.2 cm³/mol. The van der Waals surface area contributed by atoms with Gasteiger partial charge in [0.15, 0.2) is 0 Å². The Hall–Kier alpha value is -1.88. The van der Waals surface area contributed by atoms with Crippen molar-refractivity contribution in [1.82, 2.24) is 10.3 Å². The standard InChI is InChI=1S/C13H17N3O2/c1-9-7-14-5-4-12(9)16-13(18)15-11-3-2-10(6-11)8-17/h2-5,7,10-11,17H,6,8H2,1H3,(H2,14,15,16,18)/t10-,11+/m0/s1. The third-order valence-electron chi connectivity index (χ3n) is 2.99. The molecule has 1 aromatic rings. The van der Waals surface area contributed by atoms with Crippen LogP contribution in [0.1, 0.15) is 12.0 Å². The second-order valence-corrected chi connectivity index (χ2v) is 4.46. The zero-order valence-electron chi connectivity index (χ0n) is 10.3. The Balaban J connectivity index is 1.87. The van der Waals surface area contributed by atoms with E-state index in [1.54, 1.807) is 18.5 Å². The van der Waals surface area contributed by atoms with Gasteiger partial charge in [-0.3, -0.25) is 4.98 Å². The van der Waals surface area contributed by atoms with Gasteiger partial charge in [-0.2, -0.15) is 0 Å². The molecule has 0 spiro atoms. The molecule has 0 fully saturated rings. The predicted octanol–water partition coefficient (Wildman–Crippen LogP) is 1.45. The molecule has 0 saturated carbocycles. The average molecular weight is 247 g/mol. The zero-order chi connectivity index (χ0) is 13.0. The van der Waals surface area contributed by atoms with E-state index in [4.69, 9.17) is 5.11 Å². The Bertz CT molecular complexity index is 459. The van der Waals surface area contributed by atoms with Gasteiger partial charge in [0.05, 0.1) is 0 Å². The van der Waals surface area contributed by atoms with E-state index < -0.39 is 0 Å². The lowest BCUT2D eigenvalue weighted by atomic mass is 10.1. The minimum Gasteiger partial charge on any atom is -0.396 e. The molecule has 18 heavy (non-hydrogen) atoms. The summed E-state index contributed by atoms with van der Waals surface area (Å²) in [5.74, 6) is 0.151. The highest BCUT2D eigenvalue weighted by Crippen LogP contribution is 2.17. The van der Waals surface area contributed by atoms with E-state index >= 15 is 0 Å². The first-order chi connectivity index (χ1) is 8.69. The number of aliphatic hydroxyl groups is 1. The summed E-state index contributed by atoms with van der Waals surface area (Å²) in [4.78, 5) is 15.7. The summed E-state index contributed by atoms with van der Waals surface area (Å²) < 4.78 is 0. The molecule has 0 radical (unpaired) electrons. The van der Waals surface area contributed by atoms with Crippen molar-refractivity contribution in [3.8, 4) is 0 Å². The largest absolute Gasteiger partial charge is 0.396 e. The van der Waals surface area contributed by atoms with Crippen LogP contribution >= 0.6 is 0 Å². The Morgan fingerprint density at radius 3 is 3.06 bits per heavy atom. The molecule has 2 rings (SSSR count). The number of carbonyl (C=O) groups is 1. The van der Waals surface area contributed by atoms with E-state index in [0.717, 1.165) is 17.7 Å². The van der Waals surface area contributed by atoms with Crippen molar-refractivity contribution in [1.29, 1.82) is 0 Å². The fourth-order valence-corrected chi connectivity index (χ4v) is 1.96. The van der Waals surface area contributed by atoms with Crippen molar-refractivity contribution in [2.75, 3.05) is 11.9 Å². The number of aliphatic hydroxyl groups excluding tert-OH is 1. The first-order valence-electron chi connectivity index (χ1n) is 5.96. The van der Waals surface area contributed by atoms with Gasteiger partial charge in [-0.25, -0.2) is 4.79 Å². The number of pyridine rings is 1. The van der Waals surface area contributed by atoms with Crippen LogP contribution in [-0.4, -0.2) is 28.8 Å². The number of hydrogen-bond donors (Lipinski definition) is 3. The van der Waals surface area contributed by atoms with Gasteiger partial charge >= 0.3 is 6.03 Å². The van der Waals surface area contributed by atoms with E-state index in [1.807, 2.05) is 19.1 Å². The number of carbonyl (C=O) groups excluding carboxylic acids is 1. The molecule has 5 nitrogen and oxygen atoms in total. The maximum Gasteiger partial charge on any atom is 0.319 e. The second kappa shape index (κ2) is 5.64. The molecule has 1 aromatic heterocycles. The van der Waals surface area contributed by atoms with Crippen molar-refractivity contribution < 1.29 is 9.90 Å². The molecule has 96 valence electrons.